The van der Waals surface area contributed by atoms with E-state index in [4.69, 9.17) is 0 Å². The Balaban J connectivity index is 1.48. The molecule has 4 aromatic rings. The second-order valence-corrected chi connectivity index (χ2v) is 5.85. The summed E-state index contributed by atoms with van der Waals surface area (Å²) in [5.74, 6) is 0.720. The Morgan fingerprint density at radius 1 is 0.880 bits per heavy atom. The molecule has 0 saturated heterocycles. The smallest absolute Gasteiger partial charge is 0.251 e. The number of nitrogens with one attached hydrogen (secondary N) is 2. The van der Waals surface area contributed by atoms with Crippen LogP contribution in [0.2, 0.25) is 0 Å². The van der Waals surface area contributed by atoms with Crippen LogP contribution < -0.4 is 5.32 Å². The Kier molecular flexibility index (Phi) is 4.01. The number of benzene rings is 3. The van der Waals surface area contributed by atoms with Crippen LogP contribution in [-0.2, 0) is 6.54 Å². The third-order valence-electron chi connectivity index (χ3n) is 4.11. The highest BCUT2D eigenvalue weighted by Gasteiger charge is 2.08. The zero-order valence-corrected chi connectivity index (χ0v) is 13.6. The number of hydrogen-bond donors (Lipinski definition) is 2. The quantitative estimate of drug-likeness (QED) is 0.591. The van der Waals surface area contributed by atoms with Gasteiger partial charge in [0.2, 0.25) is 0 Å². The largest absolute Gasteiger partial charge is 0.348 e. The maximum atomic E-state index is 12.3. The number of carbonyl (C=O) groups excluding carboxylic acids is 1. The van der Waals surface area contributed by atoms with E-state index in [9.17, 15) is 4.79 Å². The first kappa shape index (κ1) is 15.1. The van der Waals surface area contributed by atoms with Crippen molar-refractivity contribution in [3.63, 3.8) is 0 Å². The van der Waals surface area contributed by atoms with Gasteiger partial charge in [-0.1, -0.05) is 54.6 Å². The van der Waals surface area contributed by atoms with Crippen LogP contribution in [0.25, 0.3) is 22.4 Å². The van der Waals surface area contributed by atoms with Crippen molar-refractivity contribution in [2.24, 2.45) is 0 Å². The average Bonchev–Trinajstić information content (AvgIpc) is 3.11. The number of para-hydroxylation sites is 2. The summed E-state index contributed by atoms with van der Waals surface area (Å²) >= 11 is 0. The van der Waals surface area contributed by atoms with Crippen molar-refractivity contribution in [2.75, 3.05) is 0 Å². The summed E-state index contributed by atoms with van der Waals surface area (Å²) in [5, 5.41) is 2.93. The Morgan fingerprint density at radius 2 is 1.60 bits per heavy atom. The van der Waals surface area contributed by atoms with E-state index in [1.807, 2.05) is 78.9 Å². The minimum Gasteiger partial charge on any atom is -0.348 e. The summed E-state index contributed by atoms with van der Waals surface area (Å²) < 4.78 is 0. The van der Waals surface area contributed by atoms with Crippen molar-refractivity contribution in [1.29, 1.82) is 0 Å². The molecule has 0 radical (unpaired) electrons. The highest BCUT2D eigenvalue weighted by Crippen LogP contribution is 2.20. The summed E-state index contributed by atoms with van der Waals surface area (Å²) in [7, 11) is 0. The first-order valence-corrected chi connectivity index (χ1v) is 8.17. The number of fused-ring (bicyclic) bond motifs is 1. The predicted molar refractivity (Wildman–Crippen MR) is 99.1 cm³/mol. The maximum Gasteiger partial charge on any atom is 0.251 e. The van der Waals surface area contributed by atoms with Gasteiger partial charge >= 0.3 is 0 Å². The lowest BCUT2D eigenvalue weighted by molar-refractivity contribution is 0.0951. The number of carbonyl (C=O) groups is 1. The zero-order chi connectivity index (χ0) is 17.1. The minimum atomic E-state index is -0.0833. The number of amides is 1. The number of H-pyrrole nitrogens is 1. The van der Waals surface area contributed by atoms with E-state index in [0.717, 1.165) is 28.0 Å². The molecule has 0 aliphatic heterocycles. The van der Waals surface area contributed by atoms with Crippen molar-refractivity contribution in [3.05, 3.63) is 90.0 Å². The second kappa shape index (κ2) is 6.61. The van der Waals surface area contributed by atoms with E-state index < -0.39 is 0 Å². The molecule has 3 aromatic carbocycles. The monoisotopic (exact) mass is 327 g/mol. The summed E-state index contributed by atoms with van der Waals surface area (Å²) in [5.41, 5.74) is 4.60. The molecule has 0 saturated carbocycles. The number of hydrogen-bond acceptors (Lipinski definition) is 2. The van der Waals surface area contributed by atoms with Crippen molar-refractivity contribution in [1.82, 2.24) is 15.3 Å². The van der Waals surface area contributed by atoms with Gasteiger partial charge in [-0.2, -0.15) is 0 Å². The summed E-state index contributed by atoms with van der Waals surface area (Å²) in [6, 6.07) is 25.2. The van der Waals surface area contributed by atoms with Crippen LogP contribution in [0.15, 0.2) is 78.9 Å². The molecule has 25 heavy (non-hydrogen) atoms. The fraction of sp³-hybridized carbons (Fsp3) is 0.0476. The number of imidazole rings is 1. The van der Waals surface area contributed by atoms with Gasteiger partial charge in [0.15, 0.2) is 0 Å². The molecule has 0 unspecified atom stereocenters. The zero-order valence-electron chi connectivity index (χ0n) is 13.6. The van der Waals surface area contributed by atoms with Gasteiger partial charge in [-0.3, -0.25) is 4.79 Å². The van der Waals surface area contributed by atoms with Crippen LogP contribution in [0.5, 0.6) is 0 Å². The van der Waals surface area contributed by atoms with Crippen molar-refractivity contribution in [3.8, 4) is 11.4 Å². The predicted octanol–water partition coefficient (Wildman–Crippen LogP) is 4.16. The molecule has 2 N–H and O–H groups in total. The molecule has 0 aliphatic rings. The van der Waals surface area contributed by atoms with Crippen molar-refractivity contribution < 1.29 is 4.79 Å². The average molecular weight is 327 g/mol. The number of nitrogens with zero attached hydrogens (tertiary/aromatic N) is 1. The van der Waals surface area contributed by atoms with Crippen LogP contribution in [0, 0.1) is 0 Å². The van der Waals surface area contributed by atoms with Crippen LogP contribution in [0.1, 0.15) is 15.9 Å². The van der Waals surface area contributed by atoms with E-state index in [2.05, 4.69) is 15.3 Å². The molecule has 1 amide bonds. The highest BCUT2D eigenvalue weighted by atomic mass is 16.1. The lowest BCUT2D eigenvalue weighted by atomic mass is 10.1. The number of aromatic amines is 1. The molecule has 122 valence electrons. The molecule has 4 heteroatoms. The van der Waals surface area contributed by atoms with Crippen LogP contribution in [0.4, 0.5) is 0 Å². The van der Waals surface area contributed by atoms with Gasteiger partial charge in [0.25, 0.3) is 5.91 Å². The van der Waals surface area contributed by atoms with Crippen LogP contribution in [0.3, 0.4) is 0 Å². The molecule has 4 rings (SSSR count). The van der Waals surface area contributed by atoms with Gasteiger partial charge in [-0.05, 0) is 29.8 Å². The molecule has 0 bridgehead atoms. The van der Waals surface area contributed by atoms with Crippen LogP contribution in [-0.4, -0.2) is 15.9 Å². The SMILES string of the molecule is O=C(NCc1ccccc1)c1ccc(-c2nc3ccccc3[nH]2)cc1. The molecule has 0 atom stereocenters. The fourth-order valence-corrected chi connectivity index (χ4v) is 2.75. The maximum absolute atomic E-state index is 12.3. The van der Waals surface area contributed by atoms with E-state index in [1.165, 1.54) is 0 Å². The molecule has 0 aliphatic carbocycles. The minimum absolute atomic E-state index is 0.0833. The molecule has 1 aromatic heterocycles. The van der Waals surface area contributed by atoms with Gasteiger partial charge in [-0.25, -0.2) is 4.98 Å². The first-order valence-electron chi connectivity index (χ1n) is 8.17. The van der Waals surface area contributed by atoms with E-state index in [-0.39, 0.29) is 5.91 Å². The van der Waals surface area contributed by atoms with Gasteiger partial charge < -0.3 is 10.3 Å². The van der Waals surface area contributed by atoms with Crippen LogP contribution >= 0.6 is 0 Å². The van der Waals surface area contributed by atoms with Crippen molar-refractivity contribution >= 4 is 16.9 Å². The van der Waals surface area contributed by atoms with Gasteiger partial charge in [0, 0.05) is 17.7 Å². The number of rotatable bonds is 4. The van der Waals surface area contributed by atoms with Crippen molar-refractivity contribution in [2.45, 2.75) is 6.54 Å². The Hall–Kier alpha value is -3.40. The normalized spacial score (nSPS) is 10.7. The van der Waals surface area contributed by atoms with Gasteiger partial charge in [-0.15, -0.1) is 0 Å². The summed E-state index contributed by atoms with van der Waals surface area (Å²) in [4.78, 5) is 20.1. The molecule has 1 heterocycles. The molecule has 0 spiro atoms. The summed E-state index contributed by atoms with van der Waals surface area (Å²) in [6.07, 6.45) is 0. The lowest BCUT2D eigenvalue weighted by Gasteiger charge is -2.06. The topological polar surface area (TPSA) is 57.8 Å². The van der Waals surface area contributed by atoms with E-state index in [0.29, 0.717) is 12.1 Å². The Morgan fingerprint density at radius 3 is 2.36 bits per heavy atom. The van der Waals surface area contributed by atoms with E-state index in [1.54, 1.807) is 0 Å². The third-order valence-corrected chi connectivity index (χ3v) is 4.11. The third kappa shape index (κ3) is 3.28. The number of aromatic nitrogens is 2. The molecular weight excluding hydrogens is 310 g/mol. The first-order chi connectivity index (χ1) is 12.3. The Bertz CT molecular complexity index is 971. The fourth-order valence-electron chi connectivity index (χ4n) is 2.75. The highest BCUT2D eigenvalue weighted by molar-refractivity contribution is 5.94. The second-order valence-electron chi connectivity index (χ2n) is 5.85. The van der Waals surface area contributed by atoms with E-state index >= 15 is 0 Å². The molecule has 0 fully saturated rings. The van der Waals surface area contributed by atoms with Gasteiger partial charge in [0.05, 0.1) is 11.0 Å². The Labute approximate surface area is 145 Å². The standard InChI is InChI=1S/C21H17N3O/c25-21(22-14-15-6-2-1-3-7-15)17-12-10-16(11-13-17)20-23-18-8-4-5-9-19(18)24-20/h1-13H,14H2,(H,22,25)(H,23,24). The molecule has 4 nitrogen and oxygen atoms in total. The van der Waals surface area contributed by atoms with Gasteiger partial charge in [0.1, 0.15) is 5.82 Å². The molecular formula is C21H17N3O. The lowest BCUT2D eigenvalue weighted by Crippen LogP contribution is -2.22. The summed E-state index contributed by atoms with van der Waals surface area (Å²) in [6.45, 7) is 0.519.